The summed E-state index contributed by atoms with van der Waals surface area (Å²) in [6, 6.07) is 9.54. The number of hydrogen-bond donors (Lipinski definition) is 1. The molecule has 9 heteroatoms. The topological polar surface area (TPSA) is 63.5 Å². The molecule has 3 rings (SSSR count). The Labute approximate surface area is 168 Å². The van der Waals surface area contributed by atoms with E-state index in [0.717, 1.165) is 12.1 Å². The van der Waals surface area contributed by atoms with Gasteiger partial charge in [-0.2, -0.15) is 18.3 Å². The van der Waals surface area contributed by atoms with Crippen LogP contribution in [-0.4, -0.2) is 16.7 Å². The van der Waals surface area contributed by atoms with Gasteiger partial charge in [0.1, 0.15) is 5.56 Å². The predicted molar refractivity (Wildman–Crippen MR) is 105 cm³/mol. The Morgan fingerprint density at radius 1 is 1.21 bits per heavy atom. The lowest BCUT2D eigenvalue weighted by atomic mass is 10.1. The SMILES string of the molecule is CCn1cc(C(=O)N/N=C\c2ccc(Cl)cc2)c(=O)c2cc(C(F)(F)F)ccc21. The van der Waals surface area contributed by atoms with Crippen molar-refractivity contribution in [2.45, 2.75) is 19.6 Å². The van der Waals surface area contributed by atoms with E-state index in [9.17, 15) is 22.8 Å². The molecule has 1 N–H and O–H groups in total. The van der Waals surface area contributed by atoms with Gasteiger partial charge in [0.25, 0.3) is 5.91 Å². The lowest BCUT2D eigenvalue weighted by Gasteiger charge is -2.13. The van der Waals surface area contributed by atoms with Crippen LogP contribution in [0, 0.1) is 0 Å². The Morgan fingerprint density at radius 2 is 1.90 bits per heavy atom. The summed E-state index contributed by atoms with van der Waals surface area (Å²) in [5, 5.41) is 4.14. The summed E-state index contributed by atoms with van der Waals surface area (Å²) in [4.78, 5) is 25.1. The van der Waals surface area contributed by atoms with E-state index in [1.807, 2.05) is 0 Å². The Bertz CT molecular complexity index is 1150. The molecule has 1 amide bonds. The summed E-state index contributed by atoms with van der Waals surface area (Å²) in [5.74, 6) is -0.818. The molecule has 0 bridgehead atoms. The van der Waals surface area contributed by atoms with Crippen LogP contribution < -0.4 is 10.9 Å². The molecule has 0 aliphatic rings. The van der Waals surface area contributed by atoms with Crippen LogP contribution in [0.15, 0.2) is 58.6 Å². The zero-order valence-electron chi connectivity index (χ0n) is 15.1. The molecule has 150 valence electrons. The van der Waals surface area contributed by atoms with Gasteiger partial charge in [-0.05, 0) is 42.8 Å². The van der Waals surface area contributed by atoms with E-state index in [0.29, 0.717) is 22.6 Å². The number of alkyl halides is 3. The van der Waals surface area contributed by atoms with Crippen molar-refractivity contribution in [3.63, 3.8) is 0 Å². The van der Waals surface area contributed by atoms with Crippen molar-refractivity contribution in [2.24, 2.45) is 5.10 Å². The second-order valence-electron chi connectivity index (χ2n) is 6.14. The standard InChI is InChI=1S/C20H15ClF3N3O2/c1-2-27-11-16(19(29)26-25-10-12-3-6-14(21)7-4-12)18(28)15-9-13(20(22,23)24)5-8-17(15)27/h3-11H,2H2,1H3,(H,26,29)/b25-10-. The van der Waals surface area contributed by atoms with E-state index in [2.05, 4.69) is 10.5 Å². The van der Waals surface area contributed by atoms with Gasteiger partial charge in [-0.1, -0.05) is 23.7 Å². The summed E-state index contributed by atoms with van der Waals surface area (Å²) in [6.45, 7) is 2.11. The van der Waals surface area contributed by atoms with Crippen LogP contribution in [0.25, 0.3) is 10.9 Å². The van der Waals surface area contributed by atoms with E-state index in [1.54, 1.807) is 31.2 Å². The average molecular weight is 422 g/mol. The van der Waals surface area contributed by atoms with E-state index in [-0.39, 0.29) is 10.9 Å². The molecule has 0 atom stereocenters. The van der Waals surface area contributed by atoms with Crippen molar-refractivity contribution in [1.82, 2.24) is 9.99 Å². The van der Waals surface area contributed by atoms with Gasteiger partial charge in [-0.3, -0.25) is 9.59 Å². The van der Waals surface area contributed by atoms with Crippen molar-refractivity contribution >= 4 is 34.6 Å². The number of pyridine rings is 1. The van der Waals surface area contributed by atoms with E-state index < -0.39 is 23.1 Å². The number of aryl methyl sites for hydroxylation is 1. The third kappa shape index (κ3) is 4.48. The number of benzene rings is 2. The maximum absolute atomic E-state index is 13.0. The van der Waals surface area contributed by atoms with Crippen LogP contribution in [0.5, 0.6) is 0 Å². The molecular formula is C20H15ClF3N3O2. The normalized spacial score (nSPS) is 11.9. The first-order valence-corrected chi connectivity index (χ1v) is 8.92. The lowest BCUT2D eigenvalue weighted by Crippen LogP contribution is -2.27. The molecule has 0 aliphatic heterocycles. The zero-order valence-corrected chi connectivity index (χ0v) is 15.9. The first-order chi connectivity index (χ1) is 13.7. The van der Waals surface area contributed by atoms with Gasteiger partial charge in [0, 0.05) is 23.2 Å². The summed E-state index contributed by atoms with van der Waals surface area (Å²) in [6.07, 6.45) is -1.93. The van der Waals surface area contributed by atoms with Crippen molar-refractivity contribution in [2.75, 3.05) is 0 Å². The summed E-state index contributed by atoms with van der Waals surface area (Å²) < 4.78 is 40.6. The Balaban J connectivity index is 1.97. The fraction of sp³-hybridized carbons (Fsp3) is 0.150. The first-order valence-electron chi connectivity index (χ1n) is 8.54. The van der Waals surface area contributed by atoms with Gasteiger partial charge in [-0.25, -0.2) is 5.43 Å². The summed E-state index contributed by atoms with van der Waals surface area (Å²) >= 11 is 5.79. The molecule has 0 spiro atoms. The molecule has 0 aliphatic carbocycles. The highest BCUT2D eigenvalue weighted by Gasteiger charge is 2.31. The molecule has 1 aromatic heterocycles. The highest BCUT2D eigenvalue weighted by atomic mass is 35.5. The van der Waals surface area contributed by atoms with Gasteiger partial charge < -0.3 is 4.57 Å². The van der Waals surface area contributed by atoms with E-state index in [4.69, 9.17) is 11.6 Å². The second kappa shape index (κ2) is 8.08. The predicted octanol–water partition coefficient (Wildman–Crippen LogP) is 4.46. The number of hydrogen-bond acceptors (Lipinski definition) is 3. The number of carbonyl (C=O) groups is 1. The Morgan fingerprint density at radius 3 is 2.52 bits per heavy atom. The van der Waals surface area contributed by atoms with Gasteiger partial charge >= 0.3 is 6.18 Å². The van der Waals surface area contributed by atoms with Crippen LogP contribution in [0.1, 0.15) is 28.4 Å². The molecule has 0 fully saturated rings. The number of halogens is 4. The molecule has 2 aromatic carbocycles. The number of rotatable bonds is 4. The molecule has 29 heavy (non-hydrogen) atoms. The summed E-state index contributed by atoms with van der Waals surface area (Å²) in [7, 11) is 0. The number of hydrazone groups is 1. The average Bonchev–Trinajstić information content (AvgIpc) is 2.69. The molecule has 1 heterocycles. The second-order valence-corrected chi connectivity index (χ2v) is 6.57. The molecule has 5 nitrogen and oxygen atoms in total. The fourth-order valence-electron chi connectivity index (χ4n) is 2.77. The first kappa shape index (κ1) is 20.6. The summed E-state index contributed by atoms with van der Waals surface area (Å²) in [5.41, 5.74) is 1.15. The van der Waals surface area contributed by atoms with Crippen molar-refractivity contribution in [1.29, 1.82) is 0 Å². The molecule has 0 radical (unpaired) electrons. The van der Waals surface area contributed by atoms with Crippen LogP contribution in [0.4, 0.5) is 13.2 Å². The third-order valence-electron chi connectivity index (χ3n) is 4.24. The number of carbonyl (C=O) groups excluding carboxylic acids is 1. The number of nitrogens with one attached hydrogen (secondary N) is 1. The monoisotopic (exact) mass is 421 g/mol. The van der Waals surface area contributed by atoms with Gasteiger partial charge in [-0.15, -0.1) is 0 Å². The van der Waals surface area contributed by atoms with Crippen molar-refractivity contribution in [3.05, 3.63) is 80.6 Å². The number of aromatic nitrogens is 1. The van der Waals surface area contributed by atoms with Gasteiger partial charge in [0.05, 0.1) is 17.3 Å². The highest BCUT2D eigenvalue weighted by molar-refractivity contribution is 6.30. The van der Waals surface area contributed by atoms with E-state index in [1.165, 1.54) is 23.0 Å². The molecule has 0 saturated heterocycles. The number of fused-ring (bicyclic) bond motifs is 1. The minimum Gasteiger partial charge on any atom is -0.347 e. The zero-order chi connectivity index (χ0) is 21.2. The van der Waals surface area contributed by atoms with E-state index >= 15 is 0 Å². The Kier molecular flexibility index (Phi) is 5.74. The van der Waals surface area contributed by atoms with Crippen LogP contribution in [0.3, 0.4) is 0 Å². The number of amides is 1. The molecular weight excluding hydrogens is 407 g/mol. The van der Waals surface area contributed by atoms with Crippen molar-refractivity contribution < 1.29 is 18.0 Å². The fourth-order valence-corrected chi connectivity index (χ4v) is 2.90. The largest absolute Gasteiger partial charge is 0.416 e. The molecule has 0 unspecified atom stereocenters. The van der Waals surface area contributed by atoms with Gasteiger partial charge in [0.2, 0.25) is 5.43 Å². The minimum atomic E-state index is -4.60. The highest BCUT2D eigenvalue weighted by Crippen LogP contribution is 2.30. The maximum Gasteiger partial charge on any atom is 0.416 e. The molecule has 0 saturated carbocycles. The minimum absolute atomic E-state index is 0.184. The number of nitrogens with zero attached hydrogens (tertiary/aromatic N) is 2. The van der Waals surface area contributed by atoms with Crippen molar-refractivity contribution in [3.8, 4) is 0 Å². The lowest BCUT2D eigenvalue weighted by molar-refractivity contribution is -0.137. The molecule has 3 aromatic rings. The van der Waals surface area contributed by atoms with Gasteiger partial charge in [0.15, 0.2) is 0 Å². The van der Waals surface area contributed by atoms with Crippen LogP contribution in [-0.2, 0) is 12.7 Å². The van der Waals surface area contributed by atoms with Crippen LogP contribution >= 0.6 is 11.6 Å². The maximum atomic E-state index is 13.0. The quantitative estimate of drug-likeness (QED) is 0.499. The smallest absolute Gasteiger partial charge is 0.347 e. The third-order valence-corrected chi connectivity index (χ3v) is 4.49. The van der Waals surface area contributed by atoms with Crippen LogP contribution in [0.2, 0.25) is 5.02 Å². The Hall–Kier alpha value is -3.13.